The van der Waals surface area contributed by atoms with Crippen LogP contribution in [0.15, 0.2) is 53.4 Å². The molecular formula is C27H29N3O7S. The number of nitrogens with zero attached hydrogens (tertiary/aromatic N) is 2. The SMILES string of the molecule is CCOC(=O)[C@@H](CCCCN1C(=O)c2ccccc2C1=O)[C@@H]1C(=O)N(CC(=O)O)c2ccccc2SC1N. The van der Waals surface area contributed by atoms with E-state index >= 15 is 0 Å². The normalized spacial score (nSPS) is 19.6. The second-order valence-electron chi connectivity index (χ2n) is 9.06. The molecule has 2 aliphatic rings. The topological polar surface area (TPSA) is 147 Å². The van der Waals surface area contributed by atoms with Crippen LogP contribution < -0.4 is 10.6 Å². The minimum absolute atomic E-state index is 0.104. The molecule has 11 heteroatoms. The molecule has 2 aromatic rings. The third kappa shape index (κ3) is 5.44. The van der Waals surface area contributed by atoms with E-state index < -0.39 is 41.6 Å². The number of unbranched alkanes of at least 4 members (excludes halogenated alkanes) is 1. The third-order valence-electron chi connectivity index (χ3n) is 6.67. The number of anilines is 1. The summed E-state index contributed by atoms with van der Waals surface area (Å²) in [6.45, 7) is 1.35. The molecule has 2 aromatic carbocycles. The number of esters is 1. The number of hydrogen-bond acceptors (Lipinski definition) is 8. The smallest absolute Gasteiger partial charge is 0.323 e. The lowest BCUT2D eigenvalue weighted by Gasteiger charge is -2.30. The quantitative estimate of drug-likeness (QED) is 0.264. The number of nitrogens with two attached hydrogens (primary N) is 1. The van der Waals surface area contributed by atoms with Crippen LogP contribution in [0.1, 0.15) is 46.9 Å². The van der Waals surface area contributed by atoms with Crippen molar-refractivity contribution in [3.63, 3.8) is 0 Å². The number of carbonyl (C=O) groups is 5. The lowest BCUT2D eigenvalue weighted by atomic mass is 9.86. The number of fused-ring (bicyclic) bond motifs is 2. The summed E-state index contributed by atoms with van der Waals surface area (Å²) < 4.78 is 5.29. The fourth-order valence-electron chi connectivity index (χ4n) is 4.91. The van der Waals surface area contributed by atoms with Gasteiger partial charge in [0, 0.05) is 11.4 Å². The standard InChI is InChI=1S/C27H29N3O7S/c1-2-37-27(36)18(11-7-8-14-29-24(33)16-9-3-4-10-17(16)25(29)34)22-23(28)38-20-13-6-5-12-19(20)30(26(22)35)15-21(31)32/h3-6,9-10,12-13,18,22-23H,2,7-8,11,14-15,28H2,1H3,(H,31,32)/t18-,22-,23?/m0/s1. The average molecular weight is 540 g/mol. The molecule has 0 radical (unpaired) electrons. The number of aliphatic carboxylic acids is 1. The van der Waals surface area contributed by atoms with E-state index in [1.54, 1.807) is 55.5 Å². The van der Waals surface area contributed by atoms with Crippen LogP contribution in [0.4, 0.5) is 5.69 Å². The molecule has 38 heavy (non-hydrogen) atoms. The maximum absolute atomic E-state index is 13.7. The maximum Gasteiger partial charge on any atom is 0.323 e. The van der Waals surface area contributed by atoms with Crippen LogP contribution in [0, 0.1) is 11.8 Å². The number of thioether (sulfide) groups is 1. The summed E-state index contributed by atoms with van der Waals surface area (Å²) in [6.07, 6.45) is 1.03. The van der Waals surface area contributed by atoms with Gasteiger partial charge in [-0.15, -0.1) is 11.8 Å². The van der Waals surface area contributed by atoms with Crippen LogP contribution in [0.25, 0.3) is 0 Å². The zero-order valence-electron chi connectivity index (χ0n) is 20.9. The third-order valence-corrected chi connectivity index (χ3v) is 7.83. The highest BCUT2D eigenvalue weighted by Gasteiger charge is 2.44. The summed E-state index contributed by atoms with van der Waals surface area (Å²) in [7, 11) is 0. The Morgan fingerprint density at radius 1 is 1.00 bits per heavy atom. The van der Waals surface area contributed by atoms with Crippen molar-refractivity contribution in [2.24, 2.45) is 17.6 Å². The van der Waals surface area contributed by atoms with Crippen molar-refractivity contribution < 1.29 is 33.8 Å². The highest BCUT2D eigenvalue weighted by atomic mass is 32.2. The van der Waals surface area contributed by atoms with Crippen molar-refractivity contribution in [3.8, 4) is 0 Å². The molecular weight excluding hydrogens is 510 g/mol. The summed E-state index contributed by atoms with van der Waals surface area (Å²) >= 11 is 1.21. The van der Waals surface area contributed by atoms with Crippen LogP contribution >= 0.6 is 11.8 Å². The molecule has 3 amide bonds. The minimum atomic E-state index is -1.19. The second-order valence-corrected chi connectivity index (χ2v) is 10.3. The summed E-state index contributed by atoms with van der Waals surface area (Å²) in [5, 5.41) is 8.66. The minimum Gasteiger partial charge on any atom is -0.480 e. The van der Waals surface area contributed by atoms with Crippen LogP contribution in [-0.2, 0) is 19.1 Å². The first-order valence-corrected chi connectivity index (χ1v) is 13.3. The zero-order valence-corrected chi connectivity index (χ0v) is 21.7. The molecule has 0 aromatic heterocycles. The molecule has 2 heterocycles. The van der Waals surface area contributed by atoms with E-state index in [-0.39, 0.29) is 31.4 Å². The van der Waals surface area contributed by atoms with Gasteiger partial charge in [-0.1, -0.05) is 30.7 Å². The molecule has 0 saturated heterocycles. The van der Waals surface area contributed by atoms with Crippen molar-refractivity contribution in [1.82, 2.24) is 4.90 Å². The Bertz CT molecular complexity index is 1230. The Kier molecular flexibility index (Phi) is 8.48. The maximum atomic E-state index is 13.7. The van der Waals surface area contributed by atoms with Gasteiger partial charge in [0.15, 0.2) is 0 Å². The van der Waals surface area contributed by atoms with Crippen molar-refractivity contribution in [3.05, 3.63) is 59.7 Å². The Balaban J connectivity index is 1.51. The number of carboxylic acids is 1. The first-order valence-electron chi connectivity index (χ1n) is 12.4. The average Bonchev–Trinajstić information content (AvgIpc) is 3.08. The monoisotopic (exact) mass is 539 g/mol. The first kappa shape index (κ1) is 27.3. The van der Waals surface area contributed by atoms with Crippen molar-refractivity contribution in [2.75, 3.05) is 24.6 Å². The molecule has 0 saturated carbocycles. The van der Waals surface area contributed by atoms with Gasteiger partial charge in [-0.25, -0.2) is 0 Å². The van der Waals surface area contributed by atoms with Gasteiger partial charge in [0.05, 0.1) is 40.6 Å². The van der Waals surface area contributed by atoms with E-state index in [0.717, 1.165) is 4.90 Å². The van der Waals surface area contributed by atoms with E-state index in [1.165, 1.54) is 16.7 Å². The molecule has 0 aliphatic carbocycles. The largest absolute Gasteiger partial charge is 0.480 e. The van der Waals surface area contributed by atoms with Crippen LogP contribution in [0.3, 0.4) is 0 Å². The molecule has 3 N–H and O–H groups in total. The lowest BCUT2D eigenvalue weighted by Crippen LogP contribution is -2.48. The molecule has 10 nitrogen and oxygen atoms in total. The fourth-order valence-corrected chi connectivity index (χ4v) is 6.11. The first-order chi connectivity index (χ1) is 18.2. The summed E-state index contributed by atoms with van der Waals surface area (Å²) in [6, 6.07) is 13.5. The number of para-hydroxylation sites is 1. The number of imide groups is 1. The highest BCUT2D eigenvalue weighted by Crippen LogP contribution is 2.42. The highest BCUT2D eigenvalue weighted by molar-refractivity contribution is 8.00. The molecule has 0 bridgehead atoms. The number of ether oxygens (including phenoxy) is 1. The van der Waals surface area contributed by atoms with Crippen LogP contribution in [0.5, 0.6) is 0 Å². The number of rotatable bonds is 10. The molecule has 0 fully saturated rings. The van der Waals surface area contributed by atoms with Crippen molar-refractivity contribution in [1.29, 1.82) is 0 Å². The zero-order chi connectivity index (χ0) is 27.4. The van der Waals surface area contributed by atoms with Crippen molar-refractivity contribution >= 4 is 47.1 Å². The predicted octanol–water partition coefficient (Wildman–Crippen LogP) is 2.76. The van der Waals surface area contributed by atoms with Gasteiger partial charge in [0.2, 0.25) is 5.91 Å². The van der Waals surface area contributed by atoms with Gasteiger partial charge in [0.25, 0.3) is 11.8 Å². The summed E-state index contributed by atoms with van der Waals surface area (Å²) in [5.74, 6) is -5.03. The Morgan fingerprint density at radius 2 is 1.63 bits per heavy atom. The van der Waals surface area contributed by atoms with E-state index in [1.807, 2.05) is 0 Å². The Morgan fingerprint density at radius 3 is 2.26 bits per heavy atom. The number of benzene rings is 2. The van der Waals surface area contributed by atoms with Crippen molar-refractivity contribution in [2.45, 2.75) is 36.5 Å². The Hall–Kier alpha value is -3.70. The number of carboxylic acid groups (broad SMARTS) is 1. The van der Waals surface area contributed by atoms with Gasteiger partial charge in [-0.05, 0) is 44.0 Å². The predicted molar refractivity (Wildman–Crippen MR) is 140 cm³/mol. The molecule has 1 unspecified atom stereocenters. The molecule has 3 atom stereocenters. The van der Waals surface area contributed by atoms with E-state index in [4.69, 9.17) is 10.5 Å². The van der Waals surface area contributed by atoms with Gasteiger partial charge in [-0.2, -0.15) is 0 Å². The van der Waals surface area contributed by atoms with Gasteiger partial charge in [0.1, 0.15) is 6.54 Å². The lowest BCUT2D eigenvalue weighted by molar-refractivity contribution is -0.152. The molecule has 200 valence electrons. The molecule has 2 aliphatic heterocycles. The number of carbonyl (C=O) groups excluding carboxylic acids is 4. The van der Waals surface area contributed by atoms with E-state index in [2.05, 4.69) is 0 Å². The summed E-state index contributed by atoms with van der Waals surface area (Å²) in [5.41, 5.74) is 7.63. The van der Waals surface area contributed by atoms with Gasteiger partial charge >= 0.3 is 11.9 Å². The summed E-state index contributed by atoms with van der Waals surface area (Å²) in [4.78, 5) is 66.7. The van der Waals surface area contributed by atoms with Crippen LogP contribution in [0.2, 0.25) is 0 Å². The Labute approximate surface area is 224 Å². The second kappa shape index (κ2) is 11.8. The molecule has 0 spiro atoms. The number of hydrogen-bond donors (Lipinski definition) is 2. The van der Waals surface area contributed by atoms with Crippen LogP contribution in [-0.4, -0.2) is 64.7 Å². The number of amides is 3. The molecule has 4 rings (SSSR count). The van der Waals surface area contributed by atoms with Gasteiger partial charge < -0.3 is 15.6 Å². The van der Waals surface area contributed by atoms with E-state index in [9.17, 15) is 29.1 Å². The van der Waals surface area contributed by atoms with Gasteiger partial charge in [-0.3, -0.25) is 33.8 Å². The van der Waals surface area contributed by atoms with E-state index in [0.29, 0.717) is 34.6 Å². The fraction of sp³-hybridized carbons (Fsp3) is 0.370.